The maximum absolute atomic E-state index is 12.6. The summed E-state index contributed by atoms with van der Waals surface area (Å²) in [7, 11) is 2.87. The largest absolute Gasteiger partial charge is 0.465 e. The molecule has 29 heavy (non-hydrogen) atoms. The summed E-state index contributed by atoms with van der Waals surface area (Å²) in [5, 5.41) is 19.1. The molecule has 2 heterocycles. The number of piperidine rings is 1. The van der Waals surface area contributed by atoms with Crippen LogP contribution in [-0.2, 0) is 11.8 Å². The maximum Gasteiger partial charge on any atom is 0.337 e. The number of aryl methyl sites for hydroxylation is 1. The Kier molecular flexibility index (Phi) is 6.13. The summed E-state index contributed by atoms with van der Waals surface area (Å²) in [4.78, 5) is 38.1. The van der Waals surface area contributed by atoms with E-state index >= 15 is 0 Å². The lowest BCUT2D eigenvalue weighted by Crippen LogP contribution is -2.42. The number of benzene rings is 1. The van der Waals surface area contributed by atoms with Gasteiger partial charge in [0.15, 0.2) is 5.82 Å². The quantitative estimate of drug-likeness (QED) is 0.666. The molecule has 3 rings (SSSR count). The molecule has 10 heteroatoms. The summed E-state index contributed by atoms with van der Waals surface area (Å²) in [5.74, 6) is -0.697. The molecule has 10 nitrogen and oxygen atoms in total. The van der Waals surface area contributed by atoms with Crippen LogP contribution in [0, 0.1) is 0 Å². The van der Waals surface area contributed by atoms with Crippen LogP contribution in [0.25, 0.3) is 0 Å². The van der Waals surface area contributed by atoms with Crippen molar-refractivity contribution in [3.63, 3.8) is 0 Å². The van der Waals surface area contributed by atoms with Gasteiger partial charge in [0.2, 0.25) is 0 Å². The van der Waals surface area contributed by atoms with Crippen molar-refractivity contribution in [2.75, 3.05) is 30.8 Å². The molecular formula is C19H23N5O5. The van der Waals surface area contributed by atoms with Crippen LogP contribution < -0.4 is 10.6 Å². The predicted octanol–water partition coefficient (Wildman–Crippen LogP) is 1.45. The fourth-order valence-electron chi connectivity index (χ4n) is 3.04. The van der Waals surface area contributed by atoms with Crippen molar-refractivity contribution in [2.45, 2.75) is 18.9 Å². The number of methoxy groups -OCH3 is 1. The molecule has 1 aliphatic rings. The van der Waals surface area contributed by atoms with E-state index < -0.39 is 11.9 Å². The van der Waals surface area contributed by atoms with E-state index in [9.17, 15) is 19.5 Å². The molecule has 3 amide bonds. The molecule has 0 bridgehead atoms. The number of carbonyl (C=O) groups excluding carboxylic acids is 3. The third kappa shape index (κ3) is 4.91. The molecule has 0 unspecified atom stereocenters. The van der Waals surface area contributed by atoms with Gasteiger partial charge in [-0.15, -0.1) is 0 Å². The molecule has 0 atom stereocenters. The molecule has 1 aliphatic heterocycles. The van der Waals surface area contributed by atoms with E-state index in [-0.39, 0.29) is 23.6 Å². The zero-order chi connectivity index (χ0) is 21.0. The molecular weight excluding hydrogens is 378 g/mol. The van der Waals surface area contributed by atoms with Crippen molar-refractivity contribution in [2.24, 2.45) is 7.05 Å². The topological polar surface area (TPSA) is 126 Å². The average molecular weight is 401 g/mol. The van der Waals surface area contributed by atoms with E-state index in [0.29, 0.717) is 37.2 Å². The highest BCUT2D eigenvalue weighted by Gasteiger charge is 2.22. The molecule has 1 aromatic carbocycles. The number of aliphatic hydroxyl groups is 1. The number of hydrogen-bond donors (Lipinski definition) is 3. The van der Waals surface area contributed by atoms with Gasteiger partial charge in [0.05, 0.1) is 18.8 Å². The Hall–Kier alpha value is -3.40. The monoisotopic (exact) mass is 401 g/mol. The van der Waals surface area contributed by atoms with E-state index in [1.807, 2.05) is 0 Å². The fraction of sp³-hybridized carbons (Fsp3) is 0.368. The second-order valence-corrected chi connectivity index (χ2v) is 6.71. The van der Waals surface area contributed by atoms with Crippen LogP contribution in [0.5, 0.6) is 0 Å². The Morgan fingerprint density at radius 2 is 1.90 bits per heavy atom. The number of hydrogen-bond acceptors (Lipinski definition) is 6. The highest BCUT2D eigenvalue weighted by molar-refractivity contribution is 6.04. The van der Waals surface area contributed by atoms with Gasteiger partial charge < -0.3 is 20.1 Å². The molecule has 0 saturated carbocycles. The lowest BCUT2D eigenvalue weighted by molar-refractivity contribution is 0.0600. The number of esters is 1. The predicted molar refractivity (Wildman–Crippen MR) is 105 cm³/mol. The standard InChI is InChI=1S/C19H23N5O5/c1-23-15(17(26)20-13-5-3-4-12(10-13)18(27)29-2)11-16(22-23)21-19(28)24-8-6-14(25)7-9-24/h3-5,10-11,14,25H,6-9H2,1-2H3,(H,20,26)(H,21,22,28). The van der Waals surface area contributed by atoms with E-state index in [4.69, 9.17) is 0 Å². The summed E-state index contributed by atoms with van der Waals surface area (Å²) in [6.07, 6.45) is 0.698. The van der Waals surface area contributed by atoms with Crippen LogP contribution in [0.4, 0.5) is 16.3 Å². The minimum Gasteiger partial charge on any atom is -0.465 e. The highest BCUT2D eigenvalue weighted by atomic mass is 16.5. The first-order chi connectivity index (χ1) is 13.9. The summed E-state index contributed by atoms with van der Waals surface area (Å²) in [6.45, 7) is 0.924. The molecule has 1 aromatic heterocycles. The van der Waals surface area contributed by atoms with Gasteiger partial charge in [-0.05, 0) is 31.0 Å². The Bertz CT molecular complexity index is 917. The zero-order valence-corrected chi connectivity index (χ0v) is 16.2. The minimum atomic E-state index is -0.503. The third-order valence-electron chi connectivity index (χ3n) is 4.64. The van der Waals surface area contributed by atoms with Crippen LogP contribution in [0.15, 0.2) is 30.3 Å². The lowest BCUT2D eigenvalue weighted by Gasteiger charge is -2.29. The Morgan fingerprint density at radius 1 is 1.17 bits per heavy atom. The second kappa shape index (κ2) is 8.74. The van der Waals surface area contributed by atoms with Gasteiger partial charge in [-0.3, -0.25) is 14.8 Å². The van der Waals surface area contributed by atoms with Gasteiger partial charge in [0, 0.05) is 31.9 Å². The van der Waals surface area contributed by atoms with E-state index in [1.165, 1.54) is 23.9 Å². The minimum absolute atomic E-state index is 0.234. The Balaban J connectivity index is 1.66. The van der Waals surface area contributed by atoms with Crippen molar-refractivity contribution in [1.82, 2.24) is 14.7 Å². The molecule has 0 aliphatic carbocycles. The van der Waals surface area contributed by atoms with E-state index in [1.54, 1.807) is 30.1 Å². The van der Waals surface area contributed by atoms with Crippen molar-refractivity contribution in [1.29, 1.82) is 0 Å². The van der Waals surface area contributed by atoms with Crippen molar-refractivity contribution >= 4 is 29.4 Å². The molecule has 3 N–H and O–H groups in total. The normalized spacial score (nSPS) is 14.4. The SMILES string of the molecule is COC(=O)c1cccc(NC(=O)c2cc(NC(=O)N3CCC(O)CC3)nn2C)c1. The van der Waals surface area contributed by atoms with Crippen molar-refractivity contribution in [3.8, 4) is 0 Å². The van der Waals surface area contributed by atoms with Crippen LogP contribution >= 0.6 is 0 Å². The summed E-state index contributed by atoms with van der Waals surface area (Å²) in [6, 6.07) is 7.51. The Labute approximate surface area is 167 Å². The molecule has 0 radical (unpaired) electrons. The summed E-state index contributed by atoms with van der Waals surface area (Å²) < 4.78 is 6.03. The fourth-order valence-corrected chi connectivity index (χ4v) is 3.04. The second-order valence-electron chi connectivity index (χ2n) is 6.71. The van der Waals surface area contributed by atoms with Crippen molar-refractivity contribution < 1.29 is 24.2 Å². The van der Waals surface area contributed by atoms with E-state index in [0.717, 1.165) is 0 Å². The van der Waals surface area contributed by atoms with Crippen LogP contribution in [0.3, 0.4) is 0 Å². The van der Waals surface area contributed by atoms with Gasteiger partial charge >= 0.3 is 12.0 Å². The number of urea groups is 1. The Morgan fingerprint density at radius 3 is 2.59 bits per heavy atom. The summed E-state index contributed by atoms with van der Waals surface area (Å²) in [5.41, 5.74) is 0.976. The number of rotatable bonds is 4. The first-order valence-corrected chi connectivity index (χ1v) is 9.15. The zero-order valence-electron chi connectivity index (χ0n) is 16.2. The molecule has 1 fully saturated rings. The van der Waals surface area contributed by atoms with Gasteiger partial charge in [-0.1, -0.05) is 6.07 Å². The van der Waals surface area contributed by atoms with Crippen LogP contribution in [0.1, 0.15) is 33.7 Å². The third-order valence-corrected chi connectivity index (χ3v) is 4.64. The van der Waals surface area contributed by atoms with Gasteiger partial charge in [0.25, 0.3) is 5.91 Å². The number of anilines is 2. The lowest BCUT2D eigenvalue weighted by atomic mass is 10.1. The number of carbonyl (C=O) groups is 3. The number of nitrogens with zero attached hydrogens (tertiary/aromatic N) is 3. The average Bonchev–Trinajstić information content (AvgIpc) is 3.08. The molecule has 1 saturated heterocycles. The first-order valence-electron chi connectivity index (χ1n) is 9.15. The number of nitrogens with one attached hydrogen (secondary N) is 2. The molecule has 0 spiro atoms. The van der Waals surface area contributed by atoms with Gasteiger partial charge in [-0.2, -0.15) is 5.10 Å². The van der Waals surface area contributed by atoms with E-state index in [2.05, 4.69) is 20.5 Å². The molecule has 2 aromatic rings. The summed E-state index contributed by atoms with van der Waals surface area (Å²) >= 11 is 0. The highest BCUT2D eigenvalue weighted by Crippen LogP contribution is 2.16. The number of likely N-dealkylation sites (tertiary alicyclic amines) is 1. The van der Waals surface area contributed by atoms with Gasteiger partial charge in [-0.25, -0.2) is 9.59 Å². The molecule has 154 valence electrons. The smallest absolute Gasteiger partial charge is 0.337 e. The van der Waals surface area contributed by atoms with Crippen molar-refractivity contribution in [3.05, 3.63) is 41.6 Å². The maximum atomic E-state index is 12.6. The van der Waals surface area contributed by atoms with Gasteiger partial charge in [0.1, 0.15) is 5.69 Å². The first kappa shape index (κ1) is 20.3. The van der Waals surface area contributed by atoms with Crippen LogP contribution in [0.2, 0.25) is 0 Å². The number of aliphatic hydroxyl groups excluding tert-OH is 1. The number of ether oxygens (including phenoxy) is 1. The van der Waals surface area contributed by atoms with Crippen LogP contribution in [-0.4, -0.2) is 64.0 Å². The number of amides is 3. The number of aromatic nitrogens is 2.